The van der Waals surface area contributed by atoms with Crippen molar-refractivity contribution in [2.45, 2.75) is 13.3 Å². The Bertz CT molecular complexity index is 1030. The van der Waals surface area contributed by atoms with E-state index in [0.29, 0.717) is 18.5 Å². The number of para-hydroxylation sites is 1. The van der Waals surface area contributed by atoms with E-state index in [2.05, 4.69) is 20.5 Å². The van der Waals surface area contributed by atoms with E-state index in [-0.39, 0.29) is 5.91 Å². The quantitative estimate of drug-likeness (QED) is 0.607. The molecule has 1 amide bonds. The number of carbonyl (C=O) groups is 1. The van der Waals surface area contributed by atoms with Gasteiger partial charge >= 0.3 is 0 Å². The lowest BCUT2D eigenvalue weighted by Gasteiger charge is -2.05. The van der Waals surface area contributed by atoms with Gasteiger partial charge in [0.25, 0.3) is 5.91 Å². The fourth-order valence-corrected chi connectivity index (χ4v) is 3.01. The Hall–Kier alpha value is -3.15. The third-order valence-electron chi connectivity index (χ3n) is 4.14. The summed E-state index contributed by atoms with van der Waals surface area (Å²) in [6, 6.07) is 13.6. The average molecular weight is 319 g/mol. The highest BCUT2D eigenvalue weighted by atomic mass is 16.1. The maximum Gasteiger partial charge on any atom is 0.253 e. The van der Waals surface area contributed by atoms with Gasteiger partial charge < -0.3 is 10.3 Å². The van der Waals surface area contributed by atoms with Crippen molar-refractivity contribution in [3.63, 3.8) is 0 Å². The Morgan fingerprint density at radius 3 is 2.92 bits per heavy atom. The lowest BCUT2D eigenvalue weighted by Crippen LogP contribution is -2.26. The molecule has 3 heterocycles. The fraction of sp³-hybridized carbons (Fsp3) is 0.167. The van der Waals surface area contributed by atoms with Gasteiger partial charge in [-0.25, -0.2) is 0 Å². The molecular formula is C18H17N5O. The standard InChI is InChI=1S/C18H17N5O/c1-12-17(13-6-2-3-7-14(13)20-12)18(24)19-10-9-16-22-21-15-8-4-5-11-23(15)16/h2-8,11,20H,9-10H2,1H3,(H,19,24). The van der Waals surface area contributed by atoms with Gasteiger partial charge in [-0.05, 0) is 25.1 Å². The molecular weight excluding hydrogens is 302 g/mol. The number of rotatable bonds is 4. The minimum atomic E-state index is -0.0706. The molecule has 0 aliphatic carbocycles. The molecule has 0 spiro atoms. The zero-order chi connectivity index (χ0) is 16.5. The molecule has 0 unspecified atom stereocenters. The van der Waals surface area contributed by atoms with Gasteiger partial charge in [0.2, 0.25) is 0 Å². The van der Waals surface area contributed by atoms with Gasteiger partial charge in [-0.2, -0.15) is 0 Å². The summed E-state index contributed by atoms with van der Waals surface area (Å²) >= 11 is 0. The lowest BCUT2D eigenvalue weighted by atomic mass is 10.1. The first kappa shape index (κ1) is 14.4. The predicted octanol–water partition coefficient (Wildman–Crippen LogP) is 2.49. The number of hydrogen-bond donors (Lipinski definition) is 2. The molecule has 0 radical (unpaired) electrons. The van der Waals surface area contributed by atoms with Crippen molar-refractivity contribution in [1.82, 2.24) is 24.9 Å². The largest absolute Gasteiger partial charge is 0.358 e. The number of fused-ring (bicyclic) bond motifs is 2. The van der Waals surface area contributed by atoms with Crippen LogP contribution in [0.2, 0.25) is 0 Å². The number of benzene rings is 1. The van der Waals surface area contributed by atoms with E-state index >= 15 is 0 Å². The summed E-state index contributed by atoms with van der Waals surface area (Å²) in [5, 5.41) is 12.2. The Morgan fingerprint density at radius 2 is 2.00 bits per heavy atom. The van der Waals surface area contributed by atoms with Gasteiger partial charge in [0.1, 0.15) is 5.82 Å². The van der Waals surface area contributed by atoms with E-state index in [1.54, 1.807) is 0 Å². The number of amides is 1. The van der Waals surface area contributed by atoms with Gasteiger partial charge in [-0.1, -0.05) is 24.3 Å². The van der Waals surface area contributed by atoms with Crippen molar-refractivity contribution >= 4 is 22.5 Å². The lowest BCUT2D eigenvalue weighted by molar-refractivity contribution is 0.0955. The maximum atomic E-state index is 12.6. The first-order valence-electron chi connectivity index (χ1n) is 7.88. The highest BCUT2D eigenvalue weighted by Crippen LogP contribution is 2.21. The summed E-state index contributed by atoms with van der Waals surface area (Å²) in [6.45, 7) is 2.43. The number of carbonyl (C=O) groups excluding carboxylic acids is 1. The topological polar surface area (TPSA) is 75.1 Å². The van der Waals surface area contributed by atoms with Gasteiger partial charge in [0, 0.05) is 35.8 Å². The van der Waals surface area contributed by atoms with E-state index in [9.17, 15) is 4.79 Å². The number of aromatic amines is 1. The predicted molar refractivity (Wildman–Crippen MR) is 92.1 cm³/mol. The number of nitrogens with zero attached hydrogens (tertiary/aromatic N) is 3. The second kappa shape index (κ2) is 5.81. The van der Waals surface area contributed by atoms with Crippen molar-refractivity contribution in [2.24, 2.45) is 0 Å². The molecule has 0 fully saturated rings. The van der Waals surface area contributed by atoms with Crippen LogP contribution in [0.3, 0.4) is 0 Å². The number of H-pyrrole nitrogens is 1. The summed E-state index contributed by atoms with van der Waals surface area (Å²) in [5.41, 5.74) is 3.37. The molecule has 3 aromatic heterocycles. The van der Waals surface area contributed by atoms with Crippen LogP contribution in [0, 0.1) is 6.92 Å². The summed E-state index contributed by atoms with van der Waals surface area (Å²) in [6.07, 6.45) is 2.55. The molecule has 24 heavy (non-hydrogen) atoms. The number of pyridine rings is 1. The van der Waals surface area contributed by atoms with E-state index in [0.717, 1.165) is 28.1 Å². The van der Waals surface area contributed by atoms with Crippen LogP contribution in [0.5, 0.6) is 0 Å². The smallest absolute Gasteiger partial charge is 0.253 e. The normalized spacial score (nSPS) is 11.2. The molecule has 0 aliphatic heterocycles. The van der Waals surface area contributed by atoms with Crippen LogP contribution < -0.4 is 5.32 Å². The highest BCUT2D eigenvalue weighted by Gasteiger charge is 2.15. The van der Waals surface area contributed by atoms with E-state index < -0.39 is 0 Å². The maximum absolute atomic E-state index is 12.6. The van der Waals surface area contributed by atoms with Gasteiger partial charge in [-0.15, -0.1) is 10.2 Å². The van der Waals surface area contributed by atoms with Crippen molar-refractivity contribution in [2.75, 3.05) is 6.54 Å². The molecule has 0 bridgehead atoms. The van der Waals surface area contributed by atoms with Crippen molar-refractivity contribution in [1.29, 1.82) is 0 Å². The number of nitrogens with one attached hydrogen (secondary N) is 2. The van der Waals surface area contributed by atoms with E-state index in [4.69, 9.17) is 0 Å². The molecule has 0 aliphatic rings. The summed E-state index contributed by atoms with van der Waals surface area (Å²) in [4.78, 5) is 15.8. The van der Waals surface area contributed by atoms with Gasteiger partial charge in [-0.3, -0.25) is 9.20 Å². The SMILES string of the molecule is Cc1[nH]c2ccccc2c1C(=O)NCCc1nnc2ccccn12. The molecule has 0 atom stereocenters. The van der Waals surface area contributed by atoms with E-state index in [1.165, 1.54) is 0 Å². The molecule has 120 valence electrons. The van der Waals surface area contributed by atoms with Crippen molar-refractivity contribution in [3.05, 3.63) is 65.7 Å². The second-order valence-electron chi connectivity index (χ2n) is 5.72. The first-order valence-corrected chi connectivity index (χ1v) is 7.88. The second-order valence-corrected chi connectivity index (χ2v) is 5.72. The van der Waals surface area contributed by atoms with Crippen LogP contribution in [0.15, 0.2) is 48.7 Å². The Balaban J connectivity index is 1.49. The Kier molecular flexibility index (Phi) is 3.49. The first-order chi connectivity index (χ1) is 11.7. The Labute approximate surface area is 138 Å². The molecule has 6 heteroatoms. The molecule has 4 rings (SSSR count). The van der Waals surface area contributed by atoms with Crippen LogP contribution in [-0.2, 0) is 6.42 Å². The molecule has 0 saturated heterocycles. The van der Waals surface area contributed by atoms with Crippen LogP contribution in [0.25, 0.3) is 16.6 Å². The van der Waals surface area contributed by atoms with Crippen LogP contribution in [0.1, 0.15) is 21.9 Å². The monoisotopic (exact) mass is 319 g/mol. The van der Waals surface area contributed by atoms with Gasteiger partial charge in [0.05, 0.1) is 5.56 Å². The van der Waals surface area contributed by atoms with Gasteiger partial charge in [0.15, 0.2) is 5.65 Å². The number of aromatic nitrogens is 4. The van der Waals surface area contributed by atoms with Crippen molar-refractivity contribution < 1.29 is 4.79 Å². The van der Waals surface area contributed by atoms with E-state index in [1.807, 2.05) is 60.0 Å². The van der Waals surface area contributed by atoms with Crippen LogP contribution >= 0.6 is 0 Å². The summed E-state index contributed by atoms with van der Waals surface area (Å²) in [7, 11) is 0. The fourth-order valence-electron chi connectivity index (χ4n) is 3.01. The third kappa shape index (κ3) is 2.42. The number of hydrogen-bond acceptors (Lipinski definition) is 3. The zero-order valence-electron chi connectivity index (χ0n) is 13.3. The molecule has 2 N–H and O–H groups in total. The average Bonchev–Trinajstić information content (AvgIpc) is 3.15. The highest BCUT2D eigenvalue weighted by molar-refractivity contribution is 6.08. The van der Waals surface area contributed by atoms with Crippen LogP contribution in [0.4, 0.5) is 0 Å². The minimum Gasteiger partial charge on any atom is -0.358 e. The molecule has 6 nitrogen and oxygen atoms in total. The number of aryl methyl sites for hydroxylation is 1. The minimum absolute atomic E-state index is 0.0706. The summed E-state index contributed by atoms with van der Waals surface area (Å²) < 4.78 is 1.93. The van der Waals surface area contributed by atoms with Crippen molar-refractivity contribution in [3.8, 4) is 0 Å². The summed E-state index contributed by atoms with van der Waals surface area (Å²) in [5.74, 6) is 0.764. The van der Waals surface area contributed by atoms with Crippen LogP contribution in [-0.4, -0.2) is 32.0 Å². The molecule has 4 aromatic rings. The zero-order valence-corrected chi connectivity index (χ0v) is 13.3. The third-order valence-corrected chi connectivity index (χ3v) is 4.14. The Morgan fingerprint density at radius 1 is 1.17 bits per heavy atom. The molecule has 1 aromatic carbocycles. The molecule has 0 saturated carbocycles.